The van der Waals surface area contributed by atoms with Crippen LogP contribution in [0.1, 0.15) is 26.3 Å². The number of nitrogens with one attached hydrogen (secondary N) is 1. The van der Waals surface area contributed by atoms with Gasteiger partial charge in [0.2, 0.25) is 0 Å². The number of aromatic nitrogens is 2. The fourth-order valence-corrected chi connectivity index (χ4v) is 2.61. The Balaban J connectivity index is 2.26. The minimum Gasteiger partial charge on any atom is -0.365 e. The summed E-state index contributed by atoms with van der Waals surface area (Å²) in [4.78, 5) is 4.85. The zero-order chi connectivity index (χ0) is 15.9. The molecule has 0 aliphatic heterocycles. The highest BCUT2D eigenvalue weighted by Crippen LogP contribution is 2.32. The van der Waals surface area contributed by atoms with Crippen molar-refractivity contribution in [1.82, 2.24) is 9.38 Å². The maximum Gasteiger partial charge on any atom is 0.142 e. The van der Waals surface area contributed by atoms with Crippen LogP contribution >= 0.6 is 11.6 Å². The summed E-state index contributed by atoms with van der Waals surface area (Å²) in [6, 6.07) is 11.9. The van der Waals surface area contributed by atoms with Crippen molar-refractivity contribution in [3.05, 3.63) is 53.2 Å². The van der Waals surface area contributed by atoms with Gasteiger partial charge in [-0.1, -0.05) is 29.8 Å². The zero-order valence-corrected chi connectivity index (χ0v) is 14.1. The van der Waals surface area contributed by atoms with E-state index in [-0.39, 0.29) is 5.54 Å². The molecule has 0 aliphatic carbocycles. The number of anilines is 1. The lowest BCUT2D eigenvalue weighted by Gasteiger charge is -2.22. The predicted octanol–water partition coefficient (Wildman–Crippen LogP) is 5.17. The van der Waals surface area contributed by atoms with E-state index < -0.39 is 0 Å². The van der Waals surface area contributed by atoms with Gasteiger partial charge in [-0.15, -0.1) is 0 Å². The largest absolute Gasteiger partial charge is 0.365 e. The maximum absolute atomic E-state index is 6.01. The van der Waals surface area contributed by atoms with Gasteiger partial charge in [-0.3, -0.25) is 4.40 Å². The first-order valence-electron chi connectivity index (χ1n) is 7.37. The summed E-state index contributed by atoms with van der Waals surface area (Å²) in [6.45, 7) is 8.52. The van der Waals surface area contributed by atoms with Gasteiger partial charge >= 0.3 is 0 Å². The third-order valence-corrected chi connectivity index (χ3v) is 3.71. The number of imidazole rings is 1. The van der Waals surface area contributed by atoms with E-state index in [0.29, 0.717) is 0 Å². The van der Waals surface area contributed by atoms with Crippen molar-refractivity contribution in [2.75, 3.05) is 5.32 Å². The molecule has 3 nitrogen and oxygen atoms in total. The van der Waals surface area contributed by atoms with E-state index in [1.165, 1.54) is 0 Å². The third kappa shape index (κ3) is 2.81. The Bertz CT molecular complexity index is 811. The molecule has 2 aromatic heterocycles. The van der Waals surface area contributed by atoms with Crippen LogP contribution in [0.2, 0.25) is 5.02 Å². The minimum absolute atomic E-state index is 0.0547. The SMILES string of the molecule is Cc1cccn2c(NC(C)(C)C)c(-c3ccc(Cl)cc3)nc12. The van der Waals surface area contributed by atoms with Crippen LogP contribution in [0, 0.1) is 6.92 Å². The molecule has 0 bridgehead atoms. The van der Waals surface area contributed by atoms with E-state index in [1.807, 2.05) is 36.5 Å². The van der Waals surface area contributed by atoms with Gasteiger partial charge in [-0.2, -0.15) is 0 Å². The quantitative estimate of drug-likeness (QED) is 0.707. The number of nitrogens with zero attached hydrogens (tertiary/aromatic N) is 2. The Morgan fingerprint density at radius 1 is 1.09 bits per heavy atom. The molecule has 0 spiro atoms. The molecule has 114 valence electrons. The number of benzene rings is 1. The second kappa shape index (κ2) is 5.33. The number of halogens is 1. The van der Waals surface area contributed by atoms with Gasteiger partial charge < -0.3 is 5.32 Å². The number of hydrogen-bond acceptors (Lipinski definition) is 2. The molecule has 0 fully saturated rings. The number of pyridine rings is 1. The monoisotopic (exact) mass is 313 g/mol. The summed E-state index contributed by atoms with van der Waals surface area (Å²) in [5.41, 5.74) is 4.07. The Hall–Kier alpha value is -2.00. The van der Waals surface area contributed by atoms with Crippen LogP contribution in [0.25, 0.3) is 16.9 Å². The molecule has 1 aromatic carbocycles. The number of hydrogen-bond donors (Lipinski definition) is 1. The fourth-order valence-electron chi connectivity index (χ4n) is 2.49. The van der Waals surface area contributed by atoms with Gasteiger partial charge in [-0.25, -0.2) is 4.98 Å². The van der Waals surface area contributed by atoms with Crippen LogP contribution < -0.4 is 5.32 Å². The van der Waals surface area contributed by atoms with Crippen LogP contribution in [0.15, 0.2) is 42.6 Å². The van der Waals surface area contributed by atoms with Gasteiger partial charge in [-0.05, 0) is 51.5 Å². The summed E-state index contributed by atoms with van der Waals surface area (Å²) >= 11 is 6.01. The Morgan fingerprint density at radius 2 is 1.77 bits per heavy atom. The molecule has 0 saturated heterocycles. The van der Waals surface area contributed by atoms with Crippen LogP contribution in [0.5, 0.6) is 0 Å². The Labute approximate surface area is 136 Å². The van der Waals surface area contributed by atoms with Crippen LogP contribution in [0.4, 0.5) is 5.82 Å². The van der Waals surface area contributed by atoms with E-state index in [4.69, 9.17) is 16.6 Å². The van der Waals surface area contributed by atoms with E-state index in [0.717, 1.165) is 33.3 Å². The van der Waals surface area contributed by atoms with Crippen molar-refractivity contribution in [2.24, 2.45) is 0 Å². The van der Waals surface area contributed by atoms with Crippen molar-refractivity contribution < 1.29 is 0 Å². The van der Waals surface area contributed by atoms with Crippen LogP contribution in [0.3, 0.4) is 0 Å². The minimum atomic E-state index is -0.0547. The van der Waals surface area contributed by atoms with Crippen molar-refractivity contribution in [1.29, 1.82) is 0 Å². The maximum atomic E-state index is 6.01. The average Bonchev–Trinajstić information content (AvgIpc) is 2.78. The molecule has 22 heavy (non-hydrogen) atoms. The molecule has 4 heteroatoms. The van der Waals surface area contributed by atoms with Gasteiger partial charge in [0.05, 0.1) is 0 Å². The summed E-state index contributed by atoms with van der Waals surface area (Å²) < 4.78 is 2.12. The molecule has 3 rings (SSSR count). The first-order chi connectivity index (χ1) is 10.3. The van der Waals surface area contributed by atoms with Crippen molar-refractivity contribution in [2.45, 2.75) is 33.2 Å². The second-order valence-corrected chi connectivity index (χ2v) is 7.01. The van der Waals surface area contributed by atoms with Gasteiger partial charge in [0.15, 0.2) is 0 Å². The van der Waals surface area contributed by atoms with Crippen molar-refractivity contribution in [3.8, 4) is 11.3 Å². The molecular formula is C18H20ClN3. The van der Waals surface area contributed by atoms with Crippen LogP contribution in [-0.4, -0.2) is 14.9 Å². The van der Waals surface area contributed by atoms with Gasteiger partial charge in [0.25, 0.3) is 0 Å². The molecule has 0 saturated carbocycles. The van der Waals surface area contributed by atoms with Crippen molar-refractivity contribution >= 4 is 23.1 Å². The predicted molar refractivity (Wildman–Crippen MR) is 93.8 cm³/mol. The molecule has 0 unspecified atom stereocenters. The first kappa shape index (κ1) is 14.9. The molecule has 0 atom stereocenters. The first-order valence-corrected chi connectivity index (χ1v) is 7.75. The lowest BCUT2D eigenvalue weighted by Crippen LogP contribution is -2.27. The number of rotatable bonds is 2. The standard InChI is InChI=1S/C18H20ClN3/c1-12-6-5-11-22-16(12)20-15(17(22)21-18(2,3)4)13-7-9-14(19)10-8-13/h5-11,21H,1-4H3. The Morgan fingerprint density at radius 3 is 2.41 bits per heavy atom. The lowest BCUT2D eigenvalue weighted by atomic mass is 10.1. The summed E-state index contributed by atoms with van der Waals surface area (Å²) in [5.74, 6) is 1.01. The fraction of sp³-hybridized carbons (Fsp3) is 0.278. The van der Waals surface area contributed by atoms with E-state index >= 15 is 0 Å². The highest BCUT2D eigenvalue weighted by molar-refractivity contribution is 6.30. The summed E-state index contributed by atoms with van der Waals surface area (Å²) in [5, 5.41) is 4.31. The second-order valence-electron chi connectivity index (χ2n) is 6.58. The average molecular weight is 314 g/mol. The smallest absolute Gasteiger partial charge is 0.142 e. The molecule has 2 heterocycles. The van der Waals surface area contributed by atoms with Crippen molar-refractivity contribution in [3.63, 3.8) is 0 Å². The highest BCUT2D eigenvalue weighted by Gasteiger charge is 2.19. The molecule has 0 radical (unpaired) electrons. The van der Waals surface area contributed by atoms with Gasteiger partial charge in [0.1, 0.15) is 17.2 Å². The lowest BCUT2D eigenvalue weighted by molar-refractivity contribution is 0.629. The highest BCUT2D eigenvalue weighted by atomic mass is 35.5. The third-order valence-electron chi connectivity index (χ3n) is 3.46. The molecule has 1 N–H and O–H groups in total. The normalized spacial score (nSPS) is 11.9. The number of fused-ring (bicyclic) bond motifs is 1. The zero-order valence-electron chi connectivity index (χ0n) is 13.3. The van der Waals surface area contributed by atoms with E-state index in [1.54, 1.807) is 0 Å². The van der Waals surface area contributed by atoms with Crippen LogP contribution in [-0.2, 0) is 0 Å². The topological polar surface area (TPSA) is 29.3 Å². The summed E-state index contributed by atoms with van der Waals surface area (Å²) in [6.07, 6.45) is 2.04. The Kier molecular flexibility index (Phi) is 3.61. The molecule has 0 amide bonds. The molecule has 0 aliphatic rings. The summed E-state index contributed by atoms with van der Waals surface area (Å²) in [7, 11) is 0. The number of aryl methyl sites for hydroxylation is 1. The van der Waals surface area contributed by atoms with E-state index in [9.17, 15) is 0 Å². The molecular weight excluding hydrogens is 294 g/mol. The van der Waals surface area contributed by atoms with E-state index in [2.05, 4.69) is 43.5 Å². The van der Waals surface area contributed by atoms with Gasteiger partial charge in [0, 0.05) is 22.3 Å². The molecule has 3 aromatic rings.